The molecule has 2 N–H and O–H groups in total. The zero-order valence-electron chi connectivity index (χ0n) is 10.9. The number of hydrogen-bond acceptors (Lipinski definition) is 4. The molecule has 0 saturated carbocycles. The summed E-state index contributed by atoms with van der Waals surface area (Å²) in [4.78, 5) is 1.24. The lowest BCUT2D eigenvalue weighted by atomic mass is 10.0. The number of benzene rings is 1. The molecule has 1 atom stereocenters. The van der Waals surface area contributed by atoms with Gasteiger partial charge in [0.25, 0.3) is 0 Å². The van der Waals surface area contributed by atoms with Gasteiger partial charge in [-0.1, -0.05) is 12.1 Å². The number of halogens is 1. The average Bonchev–Trinajstić information content (AvgIpc) is 2.82. The van der Waals surface area contributed by atoms with Gasteiger partial charge in [-0.25, -0.2) is 0 Å². The second kappa shape index (κ2) is 6.41. The Kier molecular flexibility index (Phi) is 4.85. The second-order valence-electron chi connectivity index (χ2n) is 4.10. The van der Waals surface area contributed by atoms with E-state index in [9.17, 15) is 0 Å². The molecule has 2 aromatic rings. The Morgan fingerprint density at radius 2 is 2.00 bits per heavy atom. The molecular formula is C14H16BrNO2S. The van der Waals surface area contributed by atoms with E-state index in [0.29, 0.717) is 11.5 Å². The number of nitrogens with two attached hydrogens (primary N) is 1. The predicted molar refractivity (Wildman–Crippen MR) is 82.2 cm³/mol. The molecule has 0 aliphatic rings. The van der Waals surface area contributed by atoms with Crippen LogP contribution < -0.4 is 15.2 Å². The molecule has 1 aromatic heterocycles. The maximum absolute atomic E-state index is 6.29. The minimum atomic E-state index is -0.115. The largest absolute Gasteiger partial charge is 0.493 e. The molecule has 0 fully saturated rings. The van der Waals surface area contributed by atoms with Crippen LogP contribution in [0.15, 0.2) is 34.1 Å². The van der Waals surface area contributed by atoms with E-state index in [1.807, 2.05) is 24.3 Å². The zero-order chi connectivity index (χ0) is 13.8. The number of rotatable bonds is 5. The van der Waals surface area contributed by atoms with Crippen LogP contribution in [0.5, 0.6) is 11.5 Å². The first kappa shape index (κ1) is 14.4. The van der Waals surface area contributed by atoms with Gasteiger partial charge >= 0.3 is 0 Å². The number of thiophene rings is 1. The van der Waals surface area contributed by atoms with Crippen LogP contribution in [0, 0.1) is 0 Å². The molecule has 1 aromatic carbocycles. The molecular weight excluding hydrogens is 326 g/mol. The summed E-state index contributed by atoms with van der Waals surface area (Å²) in [7, 11) is 3.26. The highest BCUT2D eigenvalue weighted by molar-refractivity contribution is 9.11. The van der Waals surface area contributed by atoms with Gasteiger partial charge in [-0.05, 0) is 34.1 Å². The molecule has 102 valence electrons. The smallest absolute Gasteiger partial charge is 0.165 e. The van der Waals surface area contributed by atoms with Crippen molar-refractivity contribution in [3.8, 4) is 11.5 Å². The molecule has 0 saturated heterocycles. The van der Waals surface area contributed by atoms with Crippen LogP contribution in [-0.4, -0.2) is 14.2 Å². The van der Waals surface area contributed by atoms with Crippen molar-refractivity contribution in [2.24, 2.45) is 5.73 Å². The first-order chi connectivity index (χ1) is 9.15. The fourth-order valence-electron chi connectivity index (χ4n) is 1.99. The third-order valence-electron chi connectivity index (χ3n) is 2.88. The lowest BCUT2D eigenvalue weighted by molar-refractivity contribution is 0.349. The van der Waals surface area contributed by atoms with Crippen LogP contribution in [0.25, 0.3) is 0 Å². The van der Waals surface area contributed by atoms with E-state index in [0.717, 1.165) is 15.8 Å². The zero-order valence-corrected chi connectivity index (χ0v) is 13.3. The van der Waals surface area contributed by atoms with Gasteiger partial charge in [-0.3, -0.25) is 0 Å². The maximum Gasteiger partial charge on any atom is 0.165 e. The predicted octanol–water partition coefficient (Wildman–Crippen LogP) is 3.77. The molecule has 2 rings (SSSR count). The number of hydrogen-bond donors (Lipinski definition) is 1. The molecule has 5 heteroatoms. The Morgan fingerprint density at radius 3 is 2.58 bits per heavy atom. The van der Waals surface area contributed by atoms with Crippen molar-refractivity contribution < 1.29 is 9.47 Å². The highest BCUT2D eigenvalue weighted by Crippen LogP contribution is 2.35. The van der Waals surface area contributed by atoms with E-state index >= 15 is 0 Å². The molecule has 19 heavy (non-hydrogen) atoms. The Labute approximate surface area is 125 Å². The van der Waals surface area contributed by atoms with E-state index in [2.05, 4.69) is 22.0 Å². The van der Waals surface area contributed by atoms with E-state index in [4.69, 9.17) is 15.2 Å². The second-order valence-corrected chi connectivity index (χ2v) is 6.65. The van der Waals surface area contributed by atoms with Gasteiger partial charge in [0.1, 0.15) is 0 Å². The Hall–Kier alpha value is -1.04. The van der Waals surface area contributed by atoms with Gasteiger partial charge in [-0.2, -0.15) is 0 Å². The molecule has 0 spiro atoms. The van der Waals surface area contributed by atoms with Crippen molar-refractivity contribution in [3.63, 3.8) is 0 Å². The van der Waals surface area contributed by atoms with Crippen molar-refractivity contribution in [1.29, 1.82) is 0 Å². The van der Waals surface area contributed by atoms with Crippen LogP contribution in [0.2, 0.25) is 0 Å². The van der Waals surface area contributed by atoms with Gasteiger partial charge in [0.2, 0.25) is 0 Å². The number of para-hydroxylation sites is 1. The molecule has 0 radical (unpaired) electrons. The minimum Gasteiger partial charge on any atom is -0.493 e. The summed E-state index contributed by atoms with van der Waals surface area (Å²) >= 11 is 5.16. The van der Waals surface area contributed by atoms with Crippen molar-refractivity contribution >= 4 is 27.3 Å². The summed E-state index contributed by atoms with van der Waals surface area (Å²) < 4.78 is 11.8. The summed E-state index contributed by atoms with van der Waals surface area (Å²) in [6.07, 6.45) is 0.778. The van der Waals surface area contributed by atoms with Crippen LogP contribution in [-0.2, 0) is 6.42 Å². The topological polar surface area (TPSA) is 44.5 Å². The van der Waals surface area contributed by atoms with Crippen molar-refractivity contribution in [2.75, 3.05) is 14.2 Å². The van der Waals surface area contributed by atoms with Crippen molar-refractivity contribution in [2.45, 2.75) is 12.5 Å². The summed E-state index contributed by atoms with van der Waals surface area (Å²) in [5, 5.41) is 0. The van der Waals surface area contributed by atoms with Crippen LogP contribution >= 0.6 is 27.3 Å². The van der Waals surface area contributed by atoms with Crippen molar-refractivity contribution in [1.82, 2.24) is 0 Å². The summed E-state index contributed by atoms with van der Waals surface area (Å²) in [6.45, 7) is 0. The summed E-state index contributed by atoms with van der Waals surface area (Å²) in [5.74, 6) is 1.43. The van der Waals surface area contributed by atoms with E-state index in [-0.39, 0.29) is 6.04 Å². The standard InChI is InChI=1S/C14H16BrNO2S/c1-17-12-5-3-4-10(14(12)18-2)11(16)8-9-6-7-13(15)19-9/h3-7,11H,8,16H2,1-2H3. The average molecular weight is 342 g/mol. The van der Waals surface area contributed by atoms with Gasteiger partial charge in [-0.15, -0.1) is 11.3 Å². The van der Waals surface area contributed by atoms with Crippen LogP contribution in [0.1, 0.15) is 16.5 Å². The molecule has 3 nitrogen and oxygen atoms in total. The Bertz CT molecular complexity index is 556. The normalized spacial score (nSPS) is 12.2. The van der Waals surface area contributed by atoms with E-state index in [1.54, 1.807) is 25.6 Å². The molecule has 1 unspecified atom stereocenters. The number of ether oxygens (including phenoxy) is 2. The first-order valence-corrected chi connectivity index (χ1v) is 7.47. The first-order valence-electron chi connectivity index (χ1n) is 5.86. The SMILES string of the molecule is COc1cccc(C(N)Cc2ccc(Br)s2)c1OC. The Morgan fingerprint density at radius 1 is 1.21 bits per heavy atom. The summed E-state index contributed by atoms with van der Waals surface area (Å²) in [6, 6.07) is 9.79. The quantitative estimate of drug-likeness (QED) is 0.900. The van der Waals surface area contributed by atoms with Gasteiger partial charge in [0, 0.05) is 22.9 Å². The van der Waals surface area contributed by atoms with Gasteiger partial charge in [0.15, 0.2) is 11.5 Å². The fraction of sp³-hybridized carbons (Fsp3) is 0.286. The lowest BCUT2D eigenvalue weighted by Crippen LogP contribution is -2.14. The highest BCUT2D eigenvalue weighted by atomic mass is 79.9. The maximum atomic E-state index is 6.29. The third kappa shape index (κ3) is 3.29. The monoisotopic (exact) mass is 341 g/mol. The van der Waals surface area contributed by atoms with Crippen LogP contribution in [0.4, 0.5) is 0 Å². The molecule has 0 amide bonds. The van der Waals surface area contributed by atoms with E-state index < -0.39 is 0 Å². The molecule has 0 bridgehead atoms. The summed E-state index contributed by atoms with van der Waals surface area (Å²) in [5.41, 5.74) is 7.26. The number of methoxy groups -OCH3 is 2. The van der Waals surface area contributed by atoms with Gasteiger partial charge < -0.3 is 15.2 Å². The van der Waals surface area contributed by atoms with Crippen molar-refractivity contribution in [3.05, 3.63) is 44.6 Å². The fourth-order valence-corrected chi connectivity index (χ4v) is 3.53. The third-order valence-corrected chi connectivity index (χ3v) is 4.53. The highest BCUT2D eigenvalue weighted by Gasteiger charge is 2.16. The molecule has 0 aliphatic heterocycles. The minimum absolute atomic E-state index is 0.115. The molecule has 1 heterocycles. The van der Waals surface area contributed by atoms with E-state index in [1.165, 1.54) is 4.88 Å². The Balaban J connectivity index is 2.25. The van der Waals surface area contributed by atoms with Gasteiger partial charge in [0.05, 0.1) is 18.0 Å². The van der Waals surface area contributed by atoms with Crippen LogP contribution in [0.3, 0.4) is 0 Å². The lowest BCUT2D eigenvalue weighted by Gasteiger charge is -2.17. The molecule has 0 aliphatic carbocycles.